The Balaban J connectivity index is 2.24. The van der Waals surface area contributed by atoms with Crippen LogP contribution in [-0.4, -0.2) is 21.2 Å². The van der Waals surface area contributed by atoms with Gasteiger partial charge in [0.05, 0.1) is 11.1 Å². The zero-order valence-electron chi connectivity index (χ0n) is 13.3. The van der Waals surface area contributed by atoms with Crippen molar-refractivity contribution >= 4 is 6.29 Å². The summed E-state index contributed by atoms with van der Waals surface area (Å²) in [6, 6.07) is 9.57. The first kappa shape index (κ1) is 15.3. The fourth-order valence-corrected chi connectivity index (χ4v) is 2.98. The van der Waals surface area contributed by atoms with Gasteiger partial charge in [-0.2, -0.15) is 5.10 Å². The summed E-state index contributed by atoms with van der Waals surface area (Å²) in [5, 5.41) is 15.5. The van der Waals surface area contributed by atoms with Gasteiger partial charge in [-0.05, 0) is 20.3 Å². The number of aromatic nitrogens is 2. The minimum absolute atomic E-state index is 0.0319. The van der Waals surface area contributed by atoms with E-state index < -0.39 is 5.41 Å². The van der Waals surface area contributed by atoms with Crippen molar-refractivity contribution in [2.45, 2.75) is 31.7 Å². The summed E-state index contributed by atoms with van der Waals surface area (Å²) in [5.41, 5.74) is 1.03. The fourth-order valence-electron chi connectivity index (χ4n) is 2.98. The highest BCUT2D eigenvalue weighted by molar-refractivity contribution is 5.78. The summed E-state index contributed by atoms with van der Waals surface area (Å²) in [6.45, 7) is 3.98. The molecule has 0 fully saturated rings. The predicted octanol–water partition coefficient (Wildman–Crippen LogP) is 3.79. The van der Waals surface area contributed by atoms with Gasteiger partial charge in [-0.25, -0.2) is 0 Å². The molecule has 1 atom stereocenters. The minimum atomic E-state index is -0.872. The third-order valence-corrected chi connectivity index (χ3v) is 4.17. The number of carbonyl (C=O) groups is 1. The lowest BCUT2D eigenvalue weighted by Gasteiger charge is -2.27. The molecule has 1 heterocycles. The molecule has 1 aromatic carbocycles. The van der Waals surface area contributed by atoms with E-state index >= 15 is 0 Å². The standard InChI is InChI=1S/C19H20N2O2/c1-14(2)21-18(19(13-22)11-7-4-8-12-19)17(23)16(20-21)15-9-5-3-6-10-15/h3-11,13-14,23H,12H2,1-2H3. The molecular formula is C19H20N2O2. The van der Waals surface area contributed by atoms with E-state index in [1.807, 2.05) is 68.5 Å². The van der Waals surface area contributed by atoms with E-state index in [2.05, 4.69) is 5.10 Å². The molecule has 0 radical (unpaired) electrons. The third-order valence-electron chi connectivity index (χ3n) is 4.17. The zero-order valence-corrected chi connectivity index (χ0v) is 13.3. The highest BCUT2D eigenvalue weighted by Crippen LogP contribution is 2.42. The number of aldehydes is 1. The second-order valence-electron chi connectivity index (χ2n) is 6.10. The molecule has 1 N–H and O–H groups in total. The number of hydrogen-bond donors (Lipinski definition) is 1. The van der Waals surface area contributed by atoms with Crippen molar-refractivity contribution in [2.75, 3.05) is 0 Å². The van der Waals surface area contributed by atoms with Gasteiger partial charge in [0.2, 0.25) is 0 Å². The molecule has 1 aliphatic rings. The van der Waals surface area contributed by atoms with E-state index in [0.717, 1.165) is 11.8 Å². The van der Waals surface area contributed by atoms with Crippen LogP contribution in [0.1, 0.15) is 32.0 Å². The lowest BCUT2D eigenvalue weighted by Crippen LogP contribution is -2.30. The summed E-state index contributed by atoms with van der Waals surface area (Å²) in [5.74, 6) is 0.0805. The van der Waals surface area contributed by atoms with Gasteiger partial charge in [-0.15, -0.1) is 0 Å². The monoisotopic (exact) mass is 308 g/mol. The Kier molecular flexibility index (Phi) is 3.90. The van der Waals surface area contributed by atoms with Gasteiger partial charge in [-0.3, -0.25) is 4.68 Å². The molecule has 0 aliphatic heterocycles. The Morgan fingerprint density at radius 2 is 2.00 bits per heavy atom. The maximum atomic E-state index is 11.9. The van der Waals surface area contributed by atoms with Gasteiger partial charge >= 0.3 is 0 Å². The highest BCUT2D eigenvalue weighted by atomic mass is 16.3. The molecule has 4 heteroatoms. The molecule has 1 aromatic heterocycles. The van der Waals surface area contributed by atoms with Crippen LogP contribution in [0.25, 0.3) is 11.3 Å². The van der Waals surface area contributed by atoms with Crippen molar-refractivity contribution < 1.29 is 9.90 Å². The van der Waals surface area contributed by atoms with Gasteiger partial charge in [0, 0.05) is 11.6 Å². The molecular weight excluding hydrogens is 288 g/mol. The number of aromatic hydroxyl groups is 1. The topological polar surface area (TPSA) is 55.1 Å². The van der Waals surface area contributed by atoms with E-state index in [-0.39, 0.29) is 11.8 Å². The van der Waals surface area contributed by atoms with Crippen LogP contribution in [0.4, 0.5) is 0 Å². The summed E-state index contributed by atoms with van der Waals surface area (Å²) < 4.78 is 1.76. The van der Waals surface area contributed by atoms with Crippen molar-refractivity contribution in [1.82, 2.24) is 9.78 Å². The van der Waals surface area contributed by atoms with Crippen LogP contribution in [0.2, 0.25) is 0 Å². The van der Waals surface area contributed by atoms with E-state index in [4.69, 9.17) is 0 Å². The van der Waals surface area contributed by atoms with Crippen molar-refractivity contribution in [2.24, 2.45) is 0 Å². The first-order valence-corrected chi connectivity index (χ1v) is 7.77. The van der Waals surface area contributed by atoms with Crippen LogP contribution < -0.4 is 0 Å². The normalized spacial score (nSPS) is 20.1. The van der Waals surface area contributed by atoms with Crippen LogP contribution in [-0.2, 0) is 10.2 Å². The van der Waals surface area contributed by atoms with Crippen LogP contribution in [0.15, 0.2) is 54.6 Å². The number of rotatable bonds is 4. The van der Waals surface area contributed by atoms with Gasteiger partial charge in [0.1, 0.15) is 12.0 Å². The predicted molar refractivity (Wildman–Crippen MR) is 90.4 cm³/mol. The number of nitrogens with zero attached hydrogens (tertiary/aromatic N) is 2. The molecule has 3 rings (SSSR count). The van der Waals surface area contributed by atoms with Gasteiger partial charge in [0.25, 0.3) is 0 Å². The SMILES string of the molecule is CC(C)n1nc(-c2ccccc2)c(O)c1C1(C=O)C=CC=CC1. The molecule has 1 aliphatic carbocycles. The van der Waals surface area contributed by atoms with Crippen molar-refractivity contribution in [1.29, 1.82) is 0 Å². The molecule has 1 unspecified atom stereocenters. The second kappa shape index (κ2) is 5.88. The summed E-state index contributed by atoms with van der Waals surface area (Å²) in [7, 11) is 0. The number of benzene rings is 1. The Bertz CT molecular complexity index is 772. The maximum absolute atomic E-state index is 11.9. The molecule has 0 spiro atoms. The second-order valence-corrected chi connectivity index (χ2v) is 6.10. The largest absolute Gasteiger partial charge is 0.504 e. The fraction of sp³-hybridized carbons (Fsp3) is 0.263. The Morgan fingerprint density at radius 1 is 1.26 bits per heavy atom. The molecule has 118 valence electrons. The highest BCUT2D eigenvalue weighted by Gasteiger charge is 2.38. The van der Waals surface area contributed by atoms with Crippen LogP contribution in [0.3, 0.4) is 0 Å². The van der Waals surface area contributed by atoms with Crippen molar-refractivity contribution in [3.05, 3.63) is 60.3 Å². The Labute approximate surface area is 135 Å². The van der Waals surface area contributed by atoms with E-state index in [9.17, 15) is 9.90 Å². The molecule has 0 saturated heterocycles. The van der Waals surface area contributed by atoms with E-state index in [0.29, 0.717) is 17.8 Å². The average Bonchev–Trinajstić information content (AvgIpc) is 2.94. The van der Waals surface area contributed by atoms with Crippen LogP contribution in [0.5, 0.6) is 5.75 Å². The molecule has 4 nitrogen and oxygen atoms in total. The third kappa shape index (κ3) is 2.50. The molecule has 0 bridgehead atoms. The van der Waals surface area contributed by atoms with E-state index in [1.54, 1.807) is 4.68 Å². The van der Waals surface area contributed by atoms with Crippen molar-refractivity contribution in [3.63, 3.8) is 0 Å². The summed E-state index contributed by atoms with van der Waals surface area (Å²) in [6.07, 6.45) is 8.95. The average molecular weight is 308 g/mol. The van der Waals surface area contributed by atoms with E-state index in [1.165, 1.54) is 0 Å². The summed E-state index contributed by atoms with van der Waals surface area (Å²) in [4.78, 5) is 11.9. The first-order chi connectivity index (χ1) is 11.1. The smallest absolute Gasteiger partial charge is 0.166 e. The zero-order chi connectivity index (χ0) is 16.4. The lowest BCUT2D eigenvalue weighted by atomic mass is 9.79. The van der Waals surface area contributed by atoms with Gasteiger partial charge < -0.3 is 9.90 Å². The quantitative estimate of drug-likeness (QED) is 0.874. The molecule has 0 amide bonds. The molecule has 2 aromatic rings. The number of hydrogen-bond acceptors (Lipinski definition) is 3. The lowest BCUT2D eigenvalue weighted by molar-refractivity contribution is -0.111. The van der Waals surface area contributed by atoms with Gasteiger partial charge in [0.15, 0.2) is 5.75 Å². The van der Waals surface area contributed by atoms with Crippen LogP contribution >= 0.6 is 0 Å². The Hall–Kier alpha value is -2.62. The summed E-state index contributed by atoms with van der Waals surface area (Å²) >= 11 is 0. The number of allylic oxidation sites excluding steroid dienone is 4. The first-order valence-electron chi connectivity index (χ1n) is 7.77. The van der Waals surface area contributed by atoms with Crippen LogP contribution in [0, 0.1) is 0 Å². The van der Waals surface area contributed by atoms with Crippen molar-refractivity contribution in [3.8, 4) is 17.0 Å². The molecule has 0 saturated carbocycles. The Morgan fingerprint density at radius 3 is 2.57 bits per heavy atom. The maximum Gasteiger partial charge on any atom is 0.166 e. The van der Waals surface area contributed by atoms with Gasteiger partial charge in [-0.1, -0.05) is 54.6 Å². The minimum Gasteiger partial charge on any atom is -0.504 e. The molecule has 23 heavy (non-hydrogen) atoms. The number of carbonyl (C=O) groups excluding carboxylic acids is 1.